The summed E-state index contributed by atoms with van der Waals surface area (Å²) >= 11 is 1.70. The van der Waals surface area contributed by atoms with E-state index in [2.05, 4.69) is 0 Å². The molecule has 2 unspecified atom stereocenters. The molecular weight excluding hydrogens is 264 g/mol. The van der Waals surface area contributed by atoms with Crippen LogP contribution in [0.4, 0.5) is 4.79 Å². The molecule has 2 amide bonds. The van der Waals surface area contributed by atoms with Crippen LogP contribution in [-0.2, 0) is 4.79 Å². The molecule has 5 nitrogen and oxygen atoms in total. The van der Waals surface area contributed by atoms with Crippen molar-refractivity contribution < 1.29 is 14.7 Å². The first-order chi connectivity index (χ1) is 8.88. The van der Waals surface area contributed by atoms with E-state index in [1.54, 1.807) is 30.6 Å². The first-order valence-electron chi connectivity index (χ1n) is 6.65. The normalized spacial score (nSPS) is 24.3. The SMILES string of the molecule is CCC(CSC)N(C)C(=O)N1CCCC1(C)C(=O)O. The number of hydrogen-bond donors (Lipinski definition) is 1. The van der Waals surface area contributed by atoms with E-state index in [0.29, 0.717) is 13.0 Å². The number of carbonyl (C=O) groups excluding carboxylic acids is 1. The maximum atomic E-state index is 12.5. The summed E-state index contributed by atoms with van der Waals surface area (Å²) in [6.07, 6.45) is 4.17. The second kappa shape index (κ2) is 6.50. The highest BCUT2D eigenvalue weighted by Crippen LogP contribution is 2.30. The molecule has 1 aliphatic rings. The van der Waals surface area contributed by atoms with Crippen LogP contribution in [0.25, 0.3) is 0 Å². The molecule has 0 aromatic rings. The molecule has 0 radical (unpaired) electrons. The smallest absolute Gasteiger partial charge is 0.329 e. The Hall–Kier alpha value is -0.910. The fraction of sp³-hybridized carbons (Fsp3) is 0.846. The number of urea groups is 1. The van der Waals surface area contributed by atoms with Crippen molar-refractivity contribution in [3.8, 4) is 0 Å². The Labute approximate surface area is 119 Å². The summed E-state index contributed by atoms with van der Waals surface area (Å²) in [5.74, 6) is -0.0410. The number of aliphatic carboxylic acids is 1. The number of carboxylic acids is 1. The lowest BCUT2D eigenvalue weighted by Gasteiger charge is -2.37. The molecule has 0 aromatic heterocycles. The van der Waals surface area contributed by atoms with Crippen molar-refractivity contribution in [3.63, 3.8) is 0 Å². The summed E-state index contributed by atoms with van der Waals surface area (Å²) in [5, 5.41) is 9.36. The number of nitrogens with zero attached hydrogens (tertiary/aromatic N) is 2. The average molecular weight is 288 g/mol. The lowest BCUT2D eigenvalue weighted by molar-refractivity contribution is -0.147. The Kier molecular flexibility index (Phi) is 5.52. The van der Waals surface area contributed by atoms with E-state index < -0.39 is 11.5 Å². The van der Waals surface area contributed by atoms with Crippen LogP contribution in [0.5, 0.6) is 0 Å². The van der Waals surface area contributed by atoms with Gasteiger partial charge in [0.2, 0.25) is 0 Å². The Balaban J connectivity index is 2.84. The van der Waals surface area contributed by atoms with Gasteiger partial charge in [0.05, 0.1) is 0 Å². The van der Waals surface area contributed by atoms with Gasteiger partial charge in [-0.2, -0.15) is 11.8 Å². The third kappa shape index (κ3) is 3.16. The molecule has 2 atom stereocenters. The zero-order chi connectivity index (χ0) is 14.6. The summed E-state index contributed by atoms with van der Waals surface area (Å²) in [5.41, 5.74) is -1.05. The molecule has 1 N–H and O–H groups in total. The molecule has 1 aliphatic heterocycles. The molecule has 0 bridgehead atoms. The number of carbonyl (C=O) groups is 2. The van der Waals surface area contributed by atoms with Crippen molar-refractivity contribution in [2.75, 3.05) is 25.6 Å². The lowest BCUT2D eigenvalue weighted by Crippen LogP contribution is -2.56. The Morgan fingerprint density at radius 2 is 2.16 bits per heavy atom. The Morgan fingerprint density at radius 3 is 2.63 bits per heavy atom. The van der Waals surface area contributed by atoms with E-state index in [9.17, 15) is 14.7 Å². The molecule has 0 aliphatic carbocycles. The summed E-state index contributed by atoms with van der Waals surface area (Å²) in [7, 11) is 1.77. The van der Waals surface area contributed by atoms with Crippen LogP contribution in [0.3, 0.4) is 0 Å². The minimum atomic E-state index is -1.05. The molecule has 19 heavy (non-hydrogen) atoms. The van der Waals surface area contributed by atoms with Crippen LogP contribution in [0.2, 0.25) is 0 Å². The molecule has 1 saturated heterocycles. The van der Waals surface area contributed by atoms with Crippen LogP contribution >= 0.6 is 11.8 Å². The summed E-state index contributed by atoms with van der Waals surface area (Å²) in [6, 6.07) is -0.00977. The quantitative estimate of drug-likeness (QED) is 0.842. The van der Waals surface area contributed by atoms with Crippen molar-refractivity contribution >= 4 is 23.8 Å². The molecule has 1 heterocycles. The maximum Gasteiger partial charge on any atom is 0.329 e. The number of amides is 2. The van der Waals surface area contributed by atoms with E-state index in [-0.39, 0.29) is 12.1 Å². The second-order valence-electron chi connectivity index (χ2n) is 5.25. The minimum absolute atomic E-state index is 0.154. The molecule has 0 spiro atoms. The number of thioether (sulfide) groups is 1. The van der Waals surface area contributed by atoms with E-state index in [0.717, 1.165) is 18.6 Å². The van der Waals surface area contributed by atoms with Crippen molar-refractivity contribution in [2.45, 2.75) is 44.7 Å². The highest BCUT2D eigenvalue weighted by molar-refractivity contribution is 7.98. The highest BCUT2D eigenvalue weighted by Gasteiger charge is 2.47. The van der Waals surface area contributed by atoms with Gasteiger partial charge in [-0.05, 0) is 32.4 Å². The van der Waals surface area contributed by atoms with Gasteiger partial charge in [0.1, 0.15) is 5.54 Å². The van der Waals surface area contributed by atoms with Crippen LogP contribution in [0.1, 0.15) is 33.1 Å². The molecule has 6 heteroatoms. The largest absolute Gasteiger partial charge is 0.480 e. The lowest BCUT2D eigenvalue weighted by atomic mass is 9.99. The molecule has 0 saturated carbocycles. The molecular formula is C13H24N2O3S. The Morgan fingerprint density at radius 1 is 1.53 bits per heavy atom. The van der Waals surface area contributed by atoms with E-state index >= 15 is 0 Å². The maximum absolute atomic E-state index is 12.5. The van der Waals surface area contributed by atoms with Crippen LogP contribution in [0, 0.1) is 0 Å². The van der Waals surface area contributed by atoms with Crippen molar-refractivity contribution in [3.05, 3.63) is 0 Å². The van der Waals surface area contributed by atoms with Crippen molar-refractivity contribution in [1.82, 2.24) is 9.80 Å². The van der Waals surface area contributed by atoms with Gasteiger partial charge in [-0.1, -0.05) is 6.92 Å². The van der Waals surface area contributed by atoms with Gasteiger partial charge in [-0.15, -0.1) is 0 Å². The van der Waals surface area contributed by atoms with Crippen LogP contribution in [-0.4, -0.2) is 64.1 Å². The molecule has 0 aromatic carbocycles. The number of hydrogen-bond acceptors (Lipinski definition) is 3. The zero-order valence-electron chi connectivity index (χ0n) is 12.2. The number of carboxylic acid groups (broad SMARTS) is 1. The fourth-order valence-corrected chi connectivity index (χ4v) is 3.38. The van der Waals surface area contributed by atoms with Gasteiger partial charge < -0.3 is 14.9 Å². The second-order valence-corrected chi connectivity index (χ2v) is 6.16. The third-order valence-electron chi connectivity index (χ3n) is 4.01. The minimum Gasteiger partial charge on any atom is -0.480 e. The van der Waals surface area contributed by atoms with E-state index in [1.165, 1.54) is 4.90 Å². The average Bonchev–Trinajstić information content (AvgIpc) is 2.77. The van der Waals surface area contributed by atoms with Crippen molar-refractivity contribution in [1.29, 1.82) is 0 Å². The summed E-state index contributed by atoms with van der Waals surface area (Å²) in [6.45, 7) is 4.22. The predicted molar refractivity (Wildman–Crippen MR) is 77.6 cm³/mol. The number of rotatable bonds is 5. The van der Waals surface area contributed by atoms with Gasteiger partial charge in [-0.3, -0.25) is 0 Å². The van der Waals surface area contributed by atoms with Gasteiger partial charge in [0, 0.05) is 25.4 Å². The fourth-order valence-electron chi connectivity index (χ4n) is 2.53. The van der Waals surface area contributed by atoms with Crippen molar-refractivity contribution in [2.24, 2.45) is 0 Å². The standard InChI is InChI=1S/C13H24N2O3S/c1-5-10(9-19-4)14(3)12(18)15-8-6-7-13(15,2)11(16)17/h10H,5-9H2,1-4H3,(H,16,17). The molecule has 1 rings (SSSR count). The van der Waals surface area contributed by atoms with Gasteiger partial charge >= 0.3 is 12.0 Å². The summed E-state index contributed by atoms with van der Waals surface area (Å²) in [4.78, 5) is 27.1. The topological polar surface area (TPSA) is 60.9 Å². The first-order valence-corrected chi connectivity index (χ1v) is 8.04. The monoisotopic (exact) mass is 288 g/mol. The predicted octanol–water partition coefficient (Wildman–Crippen LogP) is 2.12. The summed E-state index contributed by atoms with van der Waals surface area (Å²) < 4.78 is 0. The Bertz CT molecular complexity index is 351. The van der Waals surface area contributed by atoms with Crippen LogP contribution in [0.15, 0.2) is 0 Å². The van der Waals surface area contributed by atoms with Gasteiger partial charge in [0.25, 0.3) is 0 Å². The van der Waals surface area contributed by atoms with Gasteiger partial charge in [-0.25, -0.2) is 9.59 Å². The zero-order valence-corrected chi connectivity index (χ0v) is 13.0. The molecule has 1 fully saturated rings. The van der Waals surface area contributed by atoms with Gasteiger partial charge in [0.15, 0.2) is 0 Å². The number of likely N-dealkylation sites (tertiary alicyclic amines) is 1. The highest BCUT2D eigenvalue weighted by atomic mass is 32.2. The van der Waals surface area contributed by atoms with E-state index in [4.69, 9.17) is 0 Å². The first kappa shape index (κ1) is 16.1. The van der Waals surface area contributed by atoms with Crippen LogP contribution < -0.4 is 0 Å². The third-order valence-corrected chi connectivity index (χ3v) is 4.73. The molecule has 110 valence electrons. The van der Waals surface area contributed by atoms with E-state index in [1.807, 2.05) is 13.2 Å².